The summed E-state index contributed by atoms with van der Waals surface area (Å²) in [5.41, 5.74) is 2.32. The summed E-state index contributed by atoms with van der Waals surface area (Å²) in [6.07, 6.45) is 7.67. The van der Waals surface area contributed by atoms with Crippen molar-refractivity contribution in [3.05, 3.63) is 47.4 Å². The van der Waals surface area contributed by atoms with Crippen molar-refractivity contribution >= 4 is 16.9 Å². The molecule has 0 radical (unpaired) electrons. The molecule has 4 heterocycles. The molecule has 28 heavy (non-hydrogen) atoms. The van der Waals surface area contributed by atoms with Gasteiger partial charge in [-0.3, -0.25) is 4.79 Å². The Bertz CT molecular complexity index is 1020. The molecule has 0 N–H and O–H groups in total. The van der Waals surface area contributed by atoms with Gasteiger partial charge in [-0.1, -0.05) is 5.16 Å². The van der Waals surface area contributed by atoms with E-state index in [1.807, 2.05) is 11.1 Å². The number of carbonyl (C=O) groups excluding carboxylic acids is 1. The third-order valence-electron chi connectivity index (χ3n) is 6.00. The predicted molar refractivity (Wildman–Crippen MR) is 101 cm³/mol. The molecule has 7 heteroatoms. The van der Waals surface area contributed by atoms with Crippen LogP contribution in [0.1, 0.15) is 48.8 Å². The van der Waals surface area contributed by atoms with Crippen LogP contribution in [-0.4, -0.2) is 38.6 Å². The molecule has 2 aliphatic rings. The standard InChI is InChI=1S/C21H23FN4O2/c22-15-6-7-19-17(10-15)18(24-28-19)11-20(27)25-8-3-4-14(13-25)21-23-12-16-5-1-2-9-26(16)21/h6-7,10,12,14H,1-5,8-9,11,13H2. The van der Waals surface area contributed by atoms with Gasteiger partial charge in [0.05, 0.1) is 6.42 Å². The minimum Gasteiger partial charge on any atom is -0.356 e. The molecular weight excluding hydrogens is 359 g/mol. The van der Waals surface area contributed by atoms with Crippen LogP contribution >= 0.6 is 0 Å². The van der Waals surface area contributed by atoms with Gasteiger partial charge in [0, 0.05) is 42.8 Å². The number of imidazole rings is 1. The largest absolute Gasteiger partial charge is 0.356 e. The second-order valence-corrected chi connectivity index (χ2v) is 7.84. The van der Waals surface area contributed by atoms with Crippen LogP contribution in [0.2, 0.25) is 0 Å². The van der Waals surface area contributed by atoms with Gasteiger partial charge < -0.3 is 14.0 Å². The fourth-order valence-electron chi connectivity index (χ4n) is 4.54. The lowest BCUT2D eigenvalue weighted by atomic mass is 9.96. The molecule has 1 saturated heterocycles. The van der Waals surface area contributed by atoms with Gasteiger partial charge in [-0.05, 0) is 50.3 Å². The van der Waals surface area contributed by atoms with Crippen molar-refractivity contribution in [1.29, 1.82) is 0 Å². The second kappa shape index (κ2) is 7.04. The summed E-state index contributed by atoms with van der Waals surface area (Å²) in [5.74, 6) is 1.05. The van der Waals surface area contributed by atoms with E-state index in [4.69, 9.17) is 9.51 Å². The molecule has 1 unspecified atom stereocenters. The highest BCUT2D eigenvalue weighted by atomic mass is 19.1. The van der Waals surface area contributed by atoms with E-state index in [1.165, 1.54) is 30.7 Å². The number of nitrogens with zero attached hydrogens (tertiary/aromatic N) is 4. The van der Waals surface area contributed by atoms with Crippen LogP contribution in [0.15, 0.2) is 28.9 Å². The van der Waals surface area contributed by atoms with Crippen molar-refractivity contribution in [2.24, 2.45) is 0 Å². The summed E-state index contributed by atoms with van der Waals surface area (Å²) in [6.45, 7) is 2.46. The normalized spacial score (nSPS) is 19.8. The Morgan fingerprint density at radius 3 is 3.11 bits per heavy atom. The molecule has 1 atom stereocenters. The molecule has 2 aromatic heterocycles. The van der Waals surface area contributed by atoms with E-state index in [0.29, 0.717) is 23.2 Å². The number of fused-ring (bicyclic) bond motifs is 2. The predicted octanol–water partition coefficient (Wildman–Crippen LogP) is 3.45. The monoisotopic (exact) mass is 382 g/mol. The zero-order valence-electron chi connectivity index (χ0n) is 15.7. The number of rotatable bonds is 3. The van der Waals surface area contributed by atoms with Crippen LogP contribution in [0.4, 0.5) is 4.39 Å². The maximum absolute atomic E-state index is 13.6. The quantitative estimate of drug-likeness (QED) is 0.696. The van der Waals surface area contributed by atoms with Crippen LogP contribution in [0.25, 0.3) is 11.0 Å². The van der Waals surface area contributed by atoms with Crippen molar-refractivity contribution in [2.45, 2.75) is 51.0 Å². The van der Waals surface area contributed by atoms with Crippen LogP contribution in [0, 0.1) is 5.82 Å². The van der Waals surface area contributed by atoms with E-state index in [-0.39, 0.29) is 24.1 Å². The summed E-state index contributed by atoms with van der Waals surface area (Å²) < 4.78 is 21.1. The van der Waals surface area contributed by atoms with Gasteiger partial charge in [-0.2, -0.15) is 0 Å². The fourth-order valence-corrected chi connectivity index (χ4v) is 4.54. The van der Waals surface area contributed by atoms with Gasteiger partial charge in [-0.15, -0.1) is 0 Å². The number of aromatic nitrogens is 3. The van der Waals surface area contributed by atoms with E-state index >= 15 is 0 Å². The number of halogens is 1. The van der Waals surface area contributed by atoms with Gasteiger partial charge in [0.25, 0.3) is 0 Å². The van der Waals surface area contributed by atoms with E-state index in [9.17, 15) is 9.18 Å². The van der Waals surface area contributed by atoms with E-state index < -0.39 is 0 Å². The average Bonchev–Trinajstić information content (AvgIpc) is 3.32. The summed E-state index contributed by atoms with van der Waals surface area (Å²) in [7, 11) is 0. The van der Waals surface area contributed by atoms with Gasteiger partial charge >= 0.3 is 0 Å². The highest BCUT2D eigenvalue weighted by Crippen LogP contribution is 2.29. The molecule has 1 fully saturated rings. The minimum absolute atomic E-state index is 0.00887. The van der Waals surface area contributed by atoms with Crippen LogP contribution in [0.5, 0.6) is 0 Å². The molecule has 0 spiro atoms. The zero-order valence-corrected chi connectivity index (χ0v) is 15.7. The van der Waals surface area contributed by atoms with Gasteiger partial charge in [0.1, 0.15) is 17.3 Å². The smallest absolute Gasteiger partial charge is 0.228 e. The average molecular weight is 382 g/mol. The third-order valence-corrected chi connectivity index (χ3v) is 6.00. The summed E-state index contributed by atoms with van der Waals surface area (Å²) >= 11 is 0. The van der Waals surface area contributed by atoms with Crippen molar-refractivity contribution in [3.8, 4) is 0 Å². The number of likely N-dealkylation sites (tertiary alicyclic amines) is 1. The summed E-state index contributed by atoms with van der Waals surface area (Å²) in [5, 5.41) is 4.57. The molecule has 0 saturated carbocycles. The number of aryl methyl sites for hydroxylation is 1. The first-order valence-corrected chi connectivity index (χ1v) is 10.0. The molecule has 1 aromatic carbocycles. The highest BCUT2D eigenvalue weighted by Gasteiger charge is 2.29. The van der Waals surface area contributed by atoms with Gasteiger partial charge in [0.15, 0.2) is 5.58 Å². The van der Waals surface area contributed by atoms with E-state index in [0.717, 1.165) is 38.2 Å². The maximum atomic E-state index is 13.6. The zero-order chi connectivity index (χ0) is 19.1. The molecule has 1 amide bonds. The highest BCUT2D eigenvalue weighted by molar-refractivity contribution is 5.86. The summed E-state index contributed by atoms with van der Waals surface area (Å²) in [4.78, 5) is 19.5. The molecule has 146 valence electrons. The Labute approximate surface area is 162 Å². The first-order valence-electron chi connectivity index (χ1n) is 10.0. The lowest BCUT2D eigenvalue weighted by molar-refractivity contribution is -0.131. The first-order chi connectivity index (χ1) is 13.7. The van der Waals surface area contributed by atoms with Crippen LogP contribution < -0.4 is 0 Å². The lowest BCUT2D eigenvalue weighted by Gasteiger charge is -2.33. The second-order valence-electron chi connectivity index (χ2n) is 7.84. The van der Waals surface area contributed by atoms with Gasteiger partial charge in [0.2, 0.25) is 5.91 Å². The van der Waals surface area contributed by atoms with E-state index in [1.54, 1.807) is 6.07 Å². The Balaban J connectivity index is 1.32. The number of amides is 1. The molecule has 6 nitrogen and oxygen atoms in total. The summed E-state index contributed by atoms with van der Waals surface area (Å²) in [6, 6.07) is 4.26. The Morgan fingerprint density at radius 1 is 1.25 bits per heavy atom. The van der Waals surface area contributed by atoms with Crippen LogP contribution in [0.3, 0.4) is 0 Å². The van der Waals surface area contributed by atoms with Crippen molar-refractivity contribution < 1.29 is 13.7 Å². The minimum atomic E-state index is -0.355. The number of piperidine rings is 1. The van der Waals surface area contributed by atoms with Crippen molar-refractivity contribution in [2.75, 3.05) is 13.1 Å². The molecule has 5 rings (SSSR count). The van der Waals surface area contributed by atoms with Gasteiger partial charge in [-0.25, -0.2) is 9.37 Å². The fraction of sp³-hybridized carbons (Fsp3) is 0.476. The van der Waals surface area contributed by atoms with E-state index in [2.05, 4.69) is 9.72 Å². The molecule has 3 aromatic rings. The molecule has 0 bridgehead atoms. The third kappa shape index (κ3) is 3.08. The lowest BCUT2D eigenvalue weighted by Crippen LogP contribution is -2.40. The number of benzene rings is 1. The Kier molecular flexibility index (Phi) is 4.37. The Hall–Kier alpha value is -2.70. The number of hydrogen-bond donors (Lipinski definition) is 0. The number of hydrogen-bond acceptors (Lipinski definition) is 4. The Morgan fingerprint density at radius 2 is 2.18 bits per heavy atom. The topological polar surface area (TPSA) is 64.2 Å². The van der Waals surface area contributed by atoms with Crippen molar-refractivity contribution in [3.63, 3.8) is 0 Å². The first kappa shape index (κ1) is 17.4. The maximum Gasteiger partial charge on any atom is 0.228 e. The molecular formula is C21H23FN4O2. The van der Waals surface area contributed by atoms with Crippen LogP contribution in [-0.2, 0) is 24.2 Å². The molecule has 2 aliphatic heterocycles. The number of carbonyl (C=O) groups is 1. The van der Waals surface area contributed by atoms with Crippen molar-refractivity contribution in [1.82, 2.24) is 19.6 Å². The SMILES string of the molecule is O=C(Cc1noc2ccc(F)cc12)N1CCCC(c2ncc3n2CCCC3)C1. The molecule has 0 aliphatic carbocycles.